The predicted octanol–water partition coefficient (Wildman–Crippen LogP) is 2.11. The highest BCUT2D eigenvalue weighted by molar-refractivity contribution is 5.96. The van der Waals surface area contributed by atoms with E-state index in [1.165, 1.54) is 0 Å². The number of unbranched alkanes of at least 4 members (excludes halogenated alkanes) is 1. The molecule has 94 valence electrons. The molecule has 4 heteroatoms. The Morgan fingerprint density at radius 3 is 2.47 bits per heavy atom. The lowest BCUT2D eigenvalue weighted by Crippen LogP contribution is -2.31. The summed E-state index contributed by atoms with van der Waals surface area (Å²) in [5, 5.41) is 0. The molecule has 4 N–H and O–H groups in total. The summed E-state index contributed by atoms with van der Waals surface area (Å²) in [6.45, 7) is 5.59. The number of hydrogen-bond donors (Lipinski definition) is 2. The van der Waals surface area contributed by atoms with E-state index in [-0.39, 0.29) is 5.91 Å². The van der Waals surface area contributed by atoms with Crippen LogP contribution >= 0.6 is 0 Å². The maximum absolute atomic E-state index is 12.2. The molecular formula is C13H21N3O. The van der Waals surface area contributed by atoms with Crippen LogP contribution in [0.15, 0.2) is 18.2 Å². The fraction of sp³-hybridized carbons (Fsp3) is 0.462. The summed E-state index contributed by atoms with van der Waals surface area (Å²) in [4.78, 5) is 14.0. The van der Waals surface area contributed by atoms with E-state index < -0.39 is 0 Å². The number of rotatable bonds is 5. The van der Waals surface area contributed by atoms with Gasteiger partial charge in [-0.05, 0) is 31.5 Å². The Hall–Kier alpha value is -1.71. The number of carbonyl (C=O) groups is 1. The molecule has 0 saturated carbocycles. The third-order valence-electron chi connectivity index (χ3n) is 2.78. The molecule has 1 aromatic rings. The highest BCUT2D eigenvalue weighted by Gasteiger charge is 2.14. The molecule has 0 bridgehead atoms. The van der Waals surface area contributed by atoms with Gasteiger partial charge >= 0.3 is 0 Å². The maximum atomic E-state index is 12.2. The average molecular weight is 235 g/mol. The lowest BCUT2D eigenvalue weighted by atomic mass is 10.1. The quantitative estimate of drug-likeness (QED) is 0.768. The molecule has 17 heavy (non-hydrogen) atoms. The third-order valence-corrected chi connectivity index (χ3v) is 2.78. The molecule has 0 fully saturated rings. The standard InChI is InChI=1S/C13H21N3O/c1-3-5-8-16(4-2)13(17)10-6-7-11(14)12(15)9-10/h6-7,9H,3-5,8,14-15H2,1-2H3. The van der Waals surface area contributed by atoms with E-state index in [9.17, 15) is 4.79 Å². The number of hydrogen-bond acceptors (Lipinski definition) is 3. The molecule has 0 unspecified atom stereocenters. The van der Waals surface area contributed by atoms with Crippen LogP contribution in [0, 0.1) is 0 Å². The summed E-state index contributed by atoms with van der Waals surface area (Å²) < 4.78 is 0. The summed E-state index contributed by atoms with van der Waals surface area (Å²) in [7, 11) is 0. The maximum Gasteiger partial charge on any atom is 0.253 e. The molecule has 0 spiro atoms. The van der Waals surface area contributed by atoms with Crippen LogP contribution in [-0.4, -0.2) is 23.9 Å². The van der Waals surface area contributed by atoms with Crippen LogP contribution in [0.5, 0.6) is 0 Å². The van der Waals surface area contributed by atoms with Gasteiger partial charge in [-0.25, -0.2) is 0 Å². The number of amides is 1. The fourth-order valence-electron chi connectivity index (χ4n) is 1.64. The summed E-state index contributed by atoms with van der Waals surface area (Å²) in [6.07, 6.45) is 2.09. The van der Waals surface area contributed by atoms with Gasteiger partial charge in [0.05, 0.1) is 11.4 Å². The van der Waals surface area contributed by atoms with Gasteiger partial charge in [0.25, 0.3) is 5.91 Å². The molecule has 1 amide bonds. The first kappa shape index (κ1) is 13.4. The molecule has 0 saturated heterocycles. The largest absolute Gasteiger partial charge is 0.397 e. The molecule has 0 aliphatic rings. The van der Waals surface area contributed by atoms with E-state index in [1.807, 2.05) is 11.8 Å². The van der Waals surface area contributed by atoms with Crippen molar-refractivity contribution in [1.29, 1.82) is 0 Å². The molecular weight excluding hydrogens is 214 g/mol. The lowest BCUT2D eigenvalue weighted by molar-refractivity contribution is 0.0762. The molecule has 1 aromatic carbocycles. The van der Waals surface area contributed by atoms with E-state index in [1.54, 1.807) is 18.2 Å². The van der Waals surface area contributed by atoms with Crippen molar-refractivity contribution in [2.75, 3.05) is 24.6 Å². The van der Waals surface area contributed by atoms with E-state index >= 15 is 0 Å². The number of anilines is 2. The molecule has 4 nitrogen and oxygen atoms in total. The second-order valence-corrected chi connectivity index (χ2v) is 4.08. The van der Waals surface area contributed by atoms with Crippen LogP contribution in [0.3, 0.4) is 0 Å². The van der Waals surface area contributed by atoms with Crippen LogP contribution in [0.1, 0.15) is 37.0 Å². The molecule has 0 radical (unpaired) electrons. The Balaban J connectivity index is 2.82. The summed E-state index contributed by atoms with van der Waals surface area (Å²) in [5.74, 6) is 0.0210. The van der Waals surface area contributed by atoms with E-state index in [0.717, 1.165) is 19.4 Å². The monoisotopic (exact) mass is 235 g/mol. The SMILES string of the molecule is CCCCN(CC)C(=O)c1ccc(N)c(N)c1. The first-order chi connectivity index (χ1) is 8.10. The predicted molar refractivity (Wildman–Crippen MR) is 71.8 cm³/mol. The van der Waals surface area contributed by atoms with Gasteiger partial charge in [0.15, 0.2) is 0 Å². The Bertz CT molecular complexity index is 390. The number of carbonyl (C=O) groups excluding carboxylic acids is 1. The van der Waals surface area contributed by atoms with Crippen LogP contribution in [-0.2, 0) is 0 Å². The van der Waals surface area contributed by atoms with Crippen molar-refractivity contribution in [3.8, 4) is 0 Å². The smallest absolute Gasteiger partial charge is 0.253 e. The van der Waals surface area contributed by atoms with Crippen LogP contribution in [0.25, 0.3) is 0 Å². The van der Waals surface area contributed by atoms with Crippen molar-refractivity contribution in [3.63, 3.8) is 0 Å². The van der Waals surface area contributed by atoms with Crippen LogP contribution in [0.2, 0.25) is 0 Å². The zero-order valence-electron chi connectivity index (χ0n) is 10.6. The van der Waals surface area contributed by atoms with Crippen LogP contribution < -0.4 is 11.5 Å². The summed E-state index contributed by atoms with van der Waals surface area (Å²) >= 11 is 0. The second kappa shape index (κ2) is 6.13. The van der Waals surface area contributed by atoms with Crippen molar-refractivity contribution in [2.45, 2.75) is 26.7 Å². The van der Waals surface area contributed by atoms with Gasteiger partial charge in [0.1, 0.15) is 0 Å². The minimum Gasteiger partial charge on any atom is -0.397 e. The van der Waals surface area contributed by atoms with Gasteiger partial charge in [-0.15, -0.1) is 0 Å². The van der Waals surface area contributed by atoms with Crippen molar-refractivity contribution in [3.05, 3.63) is 23.8 Å². The zero-order valence-corrected chi connectivity index (χ0v) is 10.6. The number of benzene rings is 1. The van der Waals surface area contributed by atoms with Gasteiger partial charge in [-0.2, -0.15) is 0 Å². The highest BCUT2D eigenvalue weighted by Crippen LogP contribution is 2.17. The van der Waals surface area contributed by atoms with Gasteiger partial charge in [0, 0.05) is 18.7 Å². The highest BCUT2D eigenvalue weighted by atomic mass is 16.2. The van der Waals surface area contributed by atoms with E-state index in [2.05, 4.69) is 6.92 Å². The topological polar surface area (TPSA) is 72.3 Å². The minimum atomic E-state index is 0.0210. The Morgan fingerprint density at radius 1 is 1.24 bits per heavy atom. The first-order valence-electron chi connectivity index (χ1n) is 6.04. The Labute approximate surface area is 103 Å². The van der Waals surface area contributed by atoms with E-state index in [0.29, 0.717) is 23.5 Å². The minimum absolute atomic E-state index is 0.0210. The second-order valence-electron chi connectivity index (χ2n) is 4.08. The molecule has 0 atom stereocenters. The molecule has 1 rings (SSSR count). The molecule has 0 heterocycles. The third kappa shape index (κ3) is 3.37. The summed E-state index contributed by atoms with van der Waals surface area (Å²) in [6, 6.07) is 5.05. The first-order valence-corrected chi connectivity index (χ1v) is 6.04. The Kier molecular flexibility index (Phi) is 4.82. The number of nitrogens with two attached hydrogens (primary N) is 2. The van der Waals surface area contributed by atoms with Gasteiger partial charge < -0.3 is 16.4 Å². The number of nitrogen functional groups attached to an aromatic ring is 2. The normalized spacial score (nSPS) is 10.2. The van der Waals surface area contributed by atoms with Crippen molar-refractivity contribution >= 4 is 17.3 Å². The molecule has 0 aliphatic carbocycles. The van der Waals surface area contributed by atoms with E-state index in [4.69, 9.17) is 11.5 Å². The molecule has 0 aromatic heterocycles. The average Bonchev–Trinajstić information content (AvgIpc) is 2.33. The number of nitrogens with zero attached hydrogens (tertiary/aromatic N) is 1. The fourth-order valence-corrected chi connectivity index (χ4v) is 1.64. The summed E-state index contributed by atoms with van der Waals surface area (Å²) in [5.41, 5.74) is 12.9. The Morgan fingerprint density at radius 2 is 1.94 bits per heavy atom. The zero-order chi connectivity index (χ0) is 12.8. The van der Waals surface area contributed by atoms with Crippen LogP contribution in [0.4, 0.5) is 11.4 Å². The van der Waals surface area contributed by atoms with Crippen molar-refractivity contribution in [2.24, 2.45) is 0 Å². The van der Waals surface area contributed by atoms with Crippen molar-refractivity contribution < 1.29 is 4.79 Å². The van der Waals surface area contributed by atoms with Gasteiger partial charge in [-0.3, -0.25) is 4.79 Å². The molecule has 0 aliphatic heterocycles. The van der Waals surface area contributed by atoms with Gasteiger partial charge in [-0.1, -0.05) is 13.3 Å². The van der Waals surface area contributed by atoms with Crippen molar-refractivity contribution in [1.82, 2.24) is 4.90 Å². The lowest BCUT2D eigenvalue weighted by Gasteiger charge is -2.20. The van der Waals surface area contributed by atoms with Gasteiger partial charge in [0.2, 0.25) is 0 Å².